The first-order chi connectivity index (χ1) is 11.6. The lowest BCUT2D eigenvalue weighted by Crippen LogP contribution is -2.43. The second-order valence-electron chi connectivity index (χ2n) is 8.29. The molecule has 2 atom stereocenters. The molecule has 0 amide bonds. The molecule has 4 N–H and O–H groups in total. The van der Waals surface area contributed by atoms with Crippen molar-refractivity contribution >= 4 is 5.78 Å². The third kappa shape index (κ3) is 2.29. The number of ketones is 1. The van der Waals surface area contributed by atoms with Gasteiger partial charge >= 0.3 is 0 Å². The largest absolute Gasteiger partial charge is 0.504 e. The summed E-state index contributed by atoms with van der Waals surface area (Å²) in [5.41, 5.74) is 0.473. The Hall–Kier alpha value is -2.01. The van der Waals surface area contributed by atoms with Gasteiger partial charge in [-0.15, -0.1) is 0 Å². The number of phenols is 2. The topological polar surface area (TPSA) is 98.0 Å². The van der Waals surface area contributed by atoms with Crippen molar-refractivity contribution in [1.82, 2.24) is 0 Å². The van der Waals surface area contributed by atoms with Crippen LogP contribution in [-0.4, -0.2) is 32.8 Å². The van der Waals surface area contributed by atoms with Crippen LogP contribution in [0, 0.1) is 5.41 Å². The third-order valence-corrected chi connectivity index (χ3v) is 6.06. The van der Waals surface area contributed by atoms with Crippen LogP contribution < -0.4 is 0 Å². The molecule has 0 saturated heterocycles. The summed E-state index contributed by atoms with van der Waals surface area (Å²) in [7, 11) is 0. The van der Waals surface area contributed by atoms with Crippen LogP contribution in [0.3, 0.4) is 0 Å². The Balaban J connectivity index is 2.36. The highest BCUT2D eigenvalue weighted by Crippen LogP contribution is 2.59. The van der Waals surface area contributed by atoms with Gasteiger partial charge < -0.3 is 20.4 Å². The van der Waals surface area contributed by atoms with Gasteiger partial charge in [0.1, 0.15) is 0 Å². The van der Waals surface area contributed by atoms with Crippen molar-refractivity contribution < 1.29 is 25.2 Å². The van der Waals surface area contributed by atoms with Crippen molar-refractivity contribution in [2.75, 3.05) is 6.61 Å². The van der Waals surface area contributed by atoms with E-state index in [4.69, 9.17) is 0 Å². The number of aliphatic hydroxyl groups excluding tert-OH is 2. The van der Waals surface area contributed by atoms with Gasteiger partial charge in [-0.3, -0.25) is 4.79 Å². The van der Waals surface area contributed by atoms with Crippen molar-refractivity contribution in [2.24, 2.45) is 5.41 Å². The van der Waals surface area contributed by atoms with Gasteiger partial charge in [0, 0.05) is 34.6 Å². The Bertz CT molecular complexity index is 790. The number of hydrogen-bond acceptors (Lipinski definition) is 5. The molecule has 0 aliphatic heterocycles. The molecule has 1 aromatic rings. The molecule has 0 spiro atoms. The molecule has 0 aromatic heterocycles. The van der Waals surface area contributed by atoms with E-state index < -0.39 is 17.1 Å². The van der Waals surface area contributed by atoms with Gasteiger partial charge in [-0.25, -0.2) is 0 Å². The van der Waals surface area contributed by atoms with Gasteiger partial charge in [0.2, 0.25) is 5.78 Å². The van der Waals surface area contributed by atoms with Gasteiger partial charge in [0.05, 0.1) is 0 Å². The van der Waals surface area contributed by atoms with E-state index in [1.807, 2.05) is 20.8 Å². The van der Waals surface area contributed by atoms with Crippen molar-refractivity contribution in [3.63, 3.8) is 0 Å². The van der Waals surface area contributed by atoms with E-state index in [0.717, 1.165) is 12.8 Å². The molecule has 136 valence electrons. The minimum Gasteiger partial charge on any atom is -0.504 e. The Kier molecular flexibility index (Phi) is 3.91. The van der Waals surface area contributed by atoms with E-state index in [0.29, 0.717) is 23.1 Å². The number of rotatable bonds is 2. The maximum Gasteiger partial charge on any atom is 0.227 e. The number of phenolic OH excluding ortho intramolecular Hbond substituents is 2. The highest BCUT2D eigenvalue weighted by Gasteiger charge is 2.52. The van der Waals surface area contributed by atoms with E-state index in [1.165, 1.54) is 6.07 Å². The first-order valence-electron chi connectivity index (χ1n) is 8.75. The maximum absolute atomic E-state index is 12.9. The van der Waals surface area contributed by atoms with Gasteiger partial charge in [-0.2, -0.15) is 0 Å². The van der Waals surface area contributed by atoms with Crippen LogP contribution in [-0.2, 0) is 5.41 Å². The molecule has 3 rings (SSSR count). The van der Waals surface area contributed by atoms with Gasteiger partial charge in [-0.05, 0) is 29.9 Å². The summed E-state index contributed by atoms with van der Waals surface area (Å²) in [5.74, 6) is -1.82. The van der Waals surface area contributed by atoms with E-state index in [9.17, 15) is 25.2 Å². The van der Waals surface area contributed by atoms with E-state index >= 15 is 0 Å². The molecule has 0 bridgehead atoms. The normalized spacial score (nSPS) is 26.2. The number of benzene rings is 1. The fourth-order valence-electron chi connectivity index (χ4n) is 4.84. The molecule has 25 heavy (non-hydrogen) atoms. The van der Waals surface area contributed by atoms with Crippen LogP contribution in [0.25, 0.3) is 0 Å². The zero-order chi connectivity index (χ0) is 18.7. The van der Waals surface area contributed by atoms with Crippen molar-refractivity contribution in [3.8, 4) is 11.5 Å². The van der Waals surface area contributed by atoms with Crippen molar-refractivity contribution in [2.45, 2.75) is 58.3 Å². The Labute approximate surface area is 147 Å². The molecular formula is C20H26O5. The van der Waals surface area contributed by atoms with E-state index in [-0.39, 0.29) is 34.8 Å². The monoisotopic (exact) mass is 346 g/mol. The number of Topliss-reactive ketones (excluding diaryl/α,β-unsaturated/α-hetero) is 1. The maximum atomic E-state index is 12.9. The number of carbonyl (C=O) groups is 1. The van der Waals surface area contributed by atoms with Crippen LogP contribution in [0.4, 0.5) is 0 Å². The Morgan fingerprint density at radius 3 is 2.36 bits per heavy atom. The molecule has 2 unspecified atom stereocenters. The Morgan fingerprint density at radius 2 is 1.76 bits per heavy atom. The molecule has 1 saturated carbocycles. The average molecular weight is 346 g/mol. The van der Waals surface area contributed by atoms with Crippen molar-refractivity contribution in [3.05, 3.63) is 34.1 Å². The highest BCUT2D eigenvalue weighted by molar-refractivity contribution is 6.11. The fourth-order valence-corrected chi connectivity index (χ4v) is 4.84. The lowest BCUT2D eigenvalue weighted by atomic mass is 9.54. The van der Waals surface area contributed by atoms with Crippen LogP contribution in [0.5, 0.6) is 11.5 Å². The van der Waals surface area contributed by atoms with Gasteiger partial charge in [0.15, 0.2) is 17.3 Å². The lowest BCUT2D eigenvalue weighted by molar-refractivity contribution is 0.0938. The minimum absolute atomic E-state index is 0.215. The summed E-state index contributed by atoms with van der Waals surface area (Å²) in [6.45, 7) is 7.37. The predicted molar refractivity (Wildman–Crippen MR) is 94.2 cm³/mol. The molecule has 2 aliphatic carbocycles. The lowest BCUT2D eigenvalue weighted by Gasteiger charge is -2.49. The molecule has 1 fully saturated rings. The Morgan fingerprint density at radius 1 is 1.12 bits per heavy atom. The number of hydrogen-bond donors (Lipinski definition) is 4. The zero-order valence-electron chi connectivity index (χ0n) is 15.2. The number of aliphatic hydroxyl groups is 2. The standard InChI is InChI=1S/C20H26O5/c1-10(9-21)11-8-12-13(16(24)14(11)22)20(4)7-5-6-19(2,3)18(20)17(25)15(12)23/h8,10,21-22,24-25H,5-7,9H2,1-4H3. The number of allylic oxidation sites excluding steroid dienone is 2. The summed E-state index contributed by atoms with van der Waals surface area (Å²) in [4.78, 5) is 12.9. The third-order valence-electron chi connectivity index (χ3n) is 6.06. The summed E-state index contributed by atoms with van der Waals surface area (Å²) in [6.07, 6.45) is 2.41. The molecular weight excluding hydrogens is 320 g/mol. The van der Waals surface area contributed by atoms with Crippen LogP contribution in [0.1, 0.15) is 74.4 Å². The van der Waals surface area contributed by atoms with E-state index in [1.54, 1.807) is 6.92 Å². The van der Waals surface area contributed by atoms with Gasteiger partial charge in [-0.1, -0.05) is 34.1 Å². The highest BCUT2D eigenvalue weighted by atomic mass is 16.3. The molecule has 2 aliphatic rings. The van der Waals surface area contributed by atoms with Crippen molar-refractivity contribution in [1.29, 1.82) is 0 Å². The summed E-state index contributed by atoms with van der Waals surface area (Å²) in [6, 6.07) is 1.51. The van der Waals surface area contributed by atoms with Gasteiger partial charge in [0.25, 0.3) is 0 Å². The molecule has 5 nitrogen and oxygen atoms in total. The first kappa shape index (κ1) is 17.8. The summed E-state index contributed by atoms with van der Waals surface area (Å²) < 4.78 is 0. The number of aromatic hydroxyl groups is 2. The van der Waals surface area contributed by atoms with Crippen LogP contribution >= 0.6 is 0 Å². The predicted octanol–water partition coefficient (Wildman–Crippen LogP) is 3.67. The summed E-state index contributed by atoms with van der Waals surface area (Å²) in [5, 5.41) is 41.3. The fraction of sp³-hybridized carbons (Fsp3) is 0.550. The molecule has 0 heterocycles. The molecule has 0 radical (unpaired) electrons. The first-order valence-corrected chi connectivity index (χ1v) is 8.75. The molecule has 5 heteroatoms. The smallest absolute Gasteiger partial charge is 0.227 e. The SMILES string of the molecule is CC(CO)c1cc2c(c(O)c1O)C1(C)CCCC(C)(C)C1=C(O)C2=O. The number of fused-ring (bicyclic) bond motifs is 3. The zero-order valence-corrected chi connectivity index (χ0v) is 15.2. The number of carbonyl (C=O) groups excluding carboxylic acids is 1. The molecule has 1 aromatic carbocycles. The average Bonchev–Trinajstić information content (AvgIpc) is 2.53. The summed E-state index contributed by atoms with van der Waals surface area (Å²) >= 11 is 0. The second-order valence-corrected chi connectivity index (χ2v) is 8.29. The minimum atomic E-state index is -0.711. The quantitative estimate of drug-likeness (QED) is 0.613. The van der Waals surface area contributed by atoms with Crippen LogP contribution in [0.15, 0.2) is 17.4 Å². The van der Waals surface area contributed by atoms with E-state index in [2.05, 4.69) is 0 Å². The van der Waals surface area contributed by atoms with Crippen LogP contribution in [0.2, 0.25) is 0 Å². The second kappa shape index (κ2) is 5.49.